The molecular weight excluding hydrogens is 301 g/mol. The Morgan fingerprint density at radius 3 is 2.82 bits per heavy atom. The van der Waals surface area contributed by atoms with E-state index in [1.807, 2.05) is 24.1 Å². The van der Waals surface area contributed by atoms with E-state index in [4.69, 9.17) is 4.52 Å². The van der Waals surface area contributed by atoms with Crippen molar-refractivity contribution in [1.29, 1.82) is 0 Å². The van der Waals surface area contributed by atoms with E-state index in [1.165, 1.54) is 0 Å². The van der Waals surface area contributed by atoms with Crippen LogP contribution in [0.25, 0.3) is 0 Å². The lowest BCUT2D eigenvalue weighted by Crippen LogP contribution is -2.22. The number of rotatable bonds is 5. The Balaban J connectivity index is 0. The molecule has 1 aromatic heterocycles. The maximum atomic E-state index is 4.74. The van der Waals surface area contributed by atoms with Crippen molar-refractivity contribution < 1.29 is 4.52 Å². The van der Waals surface area contributed by atoms with Crippen molar-refractivity contribution in [1.82, 2.24) is 10.5 Å². The summed E-state index contributed by atoms with van der Waals surface area (Å²) < 4.78 is 4.74. The number of hydrogen-bond acceptors (Lipinski definition) is 5. The highest BCUT2D eigenvalue weighted by Crippen LogP contribution is 2.08. The van der Waals surface area contributed by atoms with Crippen LogP contribution in [-0.2, 0) is 5.75 Å². The molecule has 8 heteroatoms. The van der Waals surface area contributed by atoms with Gasteiger partial charge in [0, 0.05) is 31.2 Å². The van der Waals surface area contributed by atoms with Gasteiger partial charge in [-0.15, -0.1) is 24.8 Å². The van der Waals surface area contributed by atoms with E-state index < -0.39 is 0 Å². The van der Waals surface area contributed by atoms with Crippen LogP contribution in [-0.4, -0.2) is 35.9 Å². The monoisotopic (exact) mass is 317 g/mol. The minimum Gasteiger partial charge on any atom is -0.364 e. The summed E-state index contributed by atoms with van der Waals surface area (Å²) in [5.74, 6) is 1.93. The Morgan fingerprint density at radius 2 is 2.29 bits per heavy atom. The Hall–Kier alpha value is -0.0400. The van der Waals surface area contributed by atoms with E-state index in [0.717, 1.165) is 28.9 Å². The molecule has 0 bridgehead atoms. The second kappa shape index (κ2) is 12.4. The van der Waals surface area contributed by atoms with Crippen molar-refractivity contribution in [2.45, 2.75) is 5.75 Å². The summed E-state index contributed by atoms with van der Waals surface area (Å²) in [6, 6.07) is 1.89. The van der Waals surface area contributed by atoms with Gasteiger partial charge in [-0.1, -0.05) is 16.9 Å². The van der Waals surface area contributed by atoms with Crippen molar-refractivity contribution in [3.05, 3.63) is 18.0 Å². The first-order valence-corrected chi connectivity index (χ1v) is 6.96. The van der Waals surface area contributed by atoms with Gasteiger partial charge in [0.15, 0.2) is 5.17 Å². The van der Waals surface area contributed by atoms with E-state index in [2.05, 4.69) is 15.5 Å². The van der Waals surface area contributed by atoms with E-state index in [0.29, 0.717) is 0 Å². The number of halogens is 2. The fraction of sp³-hybridized carbons (Fsp3) is 0.556. The third-order valence-electron chi connectivity index (χ3n) is 1.66. The van der Waals surface area contributed by atoms with Crippen LogP contribution >= 0.6 is 48.3 Å². The summed E-state index contributed by atoms with van der Waals surface area (Å²) in [7, 11) is 1.79. The highest BCUT2D eigenvalue weighted by Gasteiger charge is 1.97. The number of nitrogens with one attached hydrogen (secondary N) is 1. The predicted molar refractivity (Wildman–Crippen MR) is 82.0 cm³/mol. The molecule has 100 valence electrons. The van der Waals surface area contributed by atoms with Crippen molar-refractivity contribution >= 4 is 53.5 Å². The molecule has 0 saturated carbocycles. The van der Waals surface area contributed by atoms with Gasteiger partial charge in [0.1, 0.15) is 6.26 Å². The highest BCUT2D eigenvalue weighted by molar-refractivity contribution is 8.13. The fourth-order valence-electron chi connectivity index (χ4n) is 0.961. The van der Waals surface area contributed by atoms with Crippen molar-refractivity contribution in [3.8, 4) is 0 Å². The molecule has 1 rings (SSSR count). The maximum absolute atomic E-state index is 4.74. The third-order valence-corrected chi connectivity index (χ3v) is 3.37. The average molecular weight is 318 g/mol. The van der Waals surface area contributed by atoms with Crippen molar-refractivity contribution in [2.75, 3.05) is 25.6 Å². The number of nitrogens with zero attached hydrogens (tertiary/aromatic N) is 2. The molecule has 1 heterocycles. The number of hydrogen-bond donors (Lipinski definition) is 1. The summed E-state index contributed by atoms with van der Waals surface area (Å²) in [5.41, 5.74) is 0.995. The normalized spacial score (nSPS) is 10.4. The Bertz CT molecular complexity index is 296. The lowest BCUT2D eigenvalue weighted by molar-refractivity contribution is 0.414. The second-order valence-corrected chi connectivity index (χ2v) is 4.60. The van der Waals surface area contributed by atoms with Gasteiger partial charge in [0.25, 0.3) is 0 Å². The summed E-state index contributed by atoms with van der Waals surface area (Å²) >= 11 is 3.45. The zero-order chi connectivity index (χ0) is 10.9. The molecule has 0 unspecified atom stereocenters. The van der Waals surface area contributed by atoms with Crippen molar-refractivity contribution in [2.24, 2.45) is 4.99 Å². The second-order valence-electron chi connectivity index (χ2n) is 2.70. The van der Waals surface area contributed by atoms with Gasteiger partial charge in [0.05, 0.1) is 5.69 Å². The first-order valence-electron chi connectivity index (χ1n) is 4.58. The van der Waals surface area contributed by atoms with Gasteiger partial charge in [-0.05, 0) is 6.26 Å². The lowest BCUT2D eigenvalue weighted by atomic mass is 10.5. The average Bonchev–Trinajstić information content (AvgIpc) is 2.76. The van der Waals surface area contributed by atoms with Crippen LogP contribution in [0.5, 0.6) is 0 Å². The third kappa shape index (κ3) is 8.65. The quantitative estimate of drug-likeness (QED) is 0.514. The minimum absolute atomic E-state index is 0. The zero-order valence-electron chi connectivity index (χ0n) is 9.71. The Labute approximate surface area is 123 Å². The molecule has 0 atom stereocenters. The molecule has 0 amide bonds. The fourth-order valence-corrected chi connectivity index (χ4v) is 2.14. The molecule has 0 aromatic carbocycles. The number of amidine groups is 1. The number of thioether (sulfide) groups is 2. The molecule has 0 aliphatic carbocycles. The van der Waals surface area contributed by atoms with Crippen LogP contribution in [0.3, 0.4) is 0 Å². The van der Waals surface area contributed by atoms with E-state index in [1.54, 1.807) is 25.1 Å². The predicted octanol–water partition coefficient (Wildman–Crippen LogP) is 2.69. The SMILES string of the molecule is CN=C(NCCSCc1ccon1)SC.Cl.Cl. The minimum atomic E-state index is 0. The first kappa shape index (κ1) is 19.3. The molecule has 0 radical (unpaired) electrons. The topological polar surface area (TPSA) is 50.4 Å². The molecule has 1 N–H and O–H groups in total. The molecule has 0 spiro atoms. The molecule has 0 saturated heterocycles. The molecular formula is C9H17Cl2N3OS2. The molecule has 17 heavy (non-hydrogen) atoms. The molecule has 4 nitrogen and oxygen atoms in total. The number of aliphatic imine (C=N–C) groups is 1. The standard InChI is InChI=1S/C9H15N3OS2.2ClH/c1-10-9(14-2)11-4-6-15-7-8-3-5-13-12-8;;/h3,5H,4,6-7H2,1-2H3,(H,10,11);2*1H. The summed E-state index contributed by atoms with van der Waals surface area (Å²) in [6.45, 7) is 0.927. The van der Waals surface area contributed by atoms with E-state index in [9.17, 15) is 0 Å². The largest absolute Gasteiger partial charge is 0.364 e. The van der Waals surface area contributed by atoms with Gasteiger partial charge in [-0.3, -0.25) is 4.99 Å². The van der Waals surface area contributed by atoms with Crippen LogP contribution in [0.1, 0.15) is 5.69 Å². The van der Waals surface area contributed by atoms with Crippen LogP contribution in [0.2, 0.25) is 0 Å². The summed E-state index contributed by atoms with van der Waals surface area (Å²) in [6.07, 6.45) is 3.61. The molecule has 0 aliphatic heterocycles. The maximum Gasteiger partial charge on any atom is 0.156 e. The summed E-state index contributed by atoms with van der Waals surface area (Å²) in [4.78, 5) is 4.09. The lowest BCUT2D eigenvalue weighted by Gasteiger charge is -2.05. The van der Waals surface area contributed by atoms with Gasteiger partial charge >= 0.3 is 0 Å². The van der Waals surface area contributed by atoms with E-state index >= 15 is 0 Å². The van der Waals surface area contributed by atoms with Gasteiger partial charge in [0.2, 0.25) is 0 Å². The Kier molecular flexibility index (Phi) is 14.1. The highest BCUT2D eigenvalue weighted by atomic mass is 35.5. The van der Waals surface area contributed by atoms with Crippen LogP contribution < -0.4 is 5.32 Å². The van der Waals surface area contributed by atoms with E-state index in [-0.39, 0.29) is 24.8 Å². The van der Waals surface area contributed by atoms with Gasteiger partial charge < -0.3 is 9.84 Å². The zero-order valence-corrected chi connectivity index (χ0v) is 13.0. The smallest absolute Gasteiger partial charge is 0.156 e. The molecule has 1 aromatic rings. The summed E-state index contributed by atoms with van der Waals surface area (Å²) in [5, 5.41) is 8.07. The van der Waals surface area contributed by atoms with Gasteiger partial charge in [-0.2, -0.15) is 11.8 Å². The van der Waals surface area contributed by atoms with Crippen LogP contribution in [0, 0.1) is 0 Å². The van der Waals surface area contributed by atoms with Gasteiger partial charge in [-0.25, -0.2) is 0 Å². The molecule has 0 fully saturated rings. The molecule has 0 aliphatic rings. The van der Waals surface area contributed by atoms with Crippen molar-refractivity contribution in [3.63, 3.8) is 0 Å². The number of aromatic nitrogens is 1. The Morgan fingerprint density at radius 1 is 1.53 bits per heavy atom. The van der Waals surface area contributed by atoms with Crippen LogP contribution in [0.15, 0.2) is 21.8 Å². The first-order chi connectivity index (χ1) is 7.36. The van der Waals surface area contributed by atoms with Crippen LogP contribution in [0.4, 0.5) is 0 Å².